The minimum Gasteiger partial charge on any atom is -0.336 e. The number of benzene rings is 2. The van der Waals surface area contributed by atoms with Gasteiger partial charge in [0.25, 0.3) is 5.91 Å². The molecule has 1 aliphatic rings. The number of amides is 1. The molecule has 0 bridgehead atoms. The van der Waals surface area contributed by atoms with Gasteiger partial charge in [0.05, 0.1) is 10.2 Å². The molecule has 1 amide bonds. The standard InChI is InChI=1S/C19H18FN3OS/c1-22-7-9-23(10-8-22)19(24)14-4-2-3-13(11-14)18-21-16-6-5-15(20)12-17(16)25-18/h2-6,11-12H,7-10H2,1H3. The largest absolute Gasteiger partial charge is 0.336 e. The van der Waals surface area contributed by atoms with Crippen LogP contribution in [0.4, 0.5) is 4.39 Å². The third-order valence-corrected chi connectivity index (χ3v) is 5.56. The van der Waals surface area contributed by atoms with Crippen LogP contribution in [0.3, 0.4) is 0 Å². The van der Waals surface area contributed by atoms with Crippen molar-refractivity contribution in [3.8, 4) is 10.6 Å². The average Bonchev–Trinajstić information content (AvgIpc) is 3.05. The molecule has 2 heterocycles. The number of piperazine rings is 1. The van der Waals surface area contributed by atoms with E-state index < -0.39 is 0 Å². The van der Waals surface area contributed by atoms with Crippen LogP contribution >= 0.6 is 11.3 Å². The van der Waals surface area contributed by atoms with E-state index in [4.69, 9.17) is 0 Å². The third-order valence-electron chi connectivity index (χ3n) is 4.50. The Balaban J connectivity index is 1.63. The van der Waals surface area contributed by atoms with Crippen molar-refractivity contribution in [1.82, 2.24) is 14.8 Å². The molecule has 0 saturated carbocycles. The minimum absolute atomic E-state index is 0.0575. The summed E-state index contributed by atoms with van der Waals surface area (Å²) in [7, 11) is 2.07. The van der Waals surface area contributed by atoms with Gasteiger partial charge in [-0.05, 0) is 37.4 Å². The number of nitrogens with zero attached hydrogens (tertiary/aromatic N) is 3. The molecule has 4 nitrogen and oxygen atoms in total. The molecule has 1 saturated heterocycles. The maximum absolute atomic E-state index is 13.4. The van der Waals surface area contributed by atoms with Crippen LogP contribution in [0.25, 0.3) is 20.8 Å². The van der Waals surface area contributed by atoms with Crippen molar-refractivity contribution in [1.29, 1.82) is 0 Å². The molecule has 0 N–H and O–H groups in total. The third kappa shape index (κ3) is 3.27. The summed E-state index contributed by atoms with van der Waals surface area (Å²) in [5, 5.41) is 0.800. The van der Waals surface area contributed by atoms with E-state index in [1.54, 1.807) is 6.07 Å². The first-order valence-electron chi connectivity index (χ1n) is 8.24. The Morgan fingerprint density at radius 1 is 1.12 bits per heavy atom. The molecule has 2 aromatic carbocycles. The normalized spacial score (nSPS) is 15.7. The molecule has 6 heteroatoms. The van der Waals surface area contributed by atoms with Gasteiger partial charge in [-0.1, -0.05) is 12.1 Å². The molecule has 1 aromatic heterocycles. The van der Waals surface area contributed by atoms with Crippen LogP contribution < -0.4 is 0 Å². The van der Waals surface area contributed by atoms with Crippen LogP contribution in [0, 0.1) is 5.82 Å². The van der Waals surface area contributed by atoms with E-state index >= 15 is 0 Å². The summed E-state index contributed by atoms with van der Waals surface area (Å²) in [6, 6.07) is 12.1. The second-order valence-electron chi connectivity index (χ2n) is 6.31. The molecular weight excluding hydrogens is 337 g/mol. The lowest BCUT2D eigenvalue weighted by Crippen LogP contribution is -2.47. The van der Waals surface area contributed by atoms with E-state index in [1.807, 2.05) is 29.2 Å². The molecule has 1 fully saturated rings. The van der Waals surface area contributed by atoms with Crippen LogP contribution in [0.5, 0.6) is 0 Å². The number of likely N-dealkylation sites (N-methyl/N-ethyl adjacent to an activating group) is 1. The lowest BCUT2D eigenvalue weighted by Gasteiger charge is -2.32. The van der Waals surface area contributed by atoms with Gasteiger partial charge in [0, 0.05) is 37.3 Å². The van der Waals surface area contributed by atoms with E-state index in [2.05, 4.69) is 16.9 Å². The van der Waals surface area contributed by atoms with Crippen molar-refractivity contribution in [3.63, 3.8) is 0 Å². The Morgan fingerprint density at radius 3 is 2.72 bits per heavy atom. The molecule has 1 aliphatic heterocycles. The fourth-order valence-electron chi connectivity index (χ4n) is 3.00. The first-order valence-corrected chi connectivity index (χ1v) is 9.06. The predicted octanol–water partition coefficient (Wildman–Crippen LogP) is 3.49. The number of hydrogen-bond donors (Lipinski definition) is 0. The lowest BCUT2D eigenvalue weighted by atomic mass is 10.1. The zero-order chi connectivity index (χ0) is 17.4. The summed E-state index contributed by atoms with van der Waals surface area (Å²) in [5.41, 5.74) is 2.34. The topological polar surface area (TPSA) is 36.4 Å². The Bertz CT molecular complexity index is 931. The van der Waals surface area contributed by atoms with Gasteiger partial charge in [-0.25, -0.2) is 9.37 Å². The van der Waals surface area contributed by atoms with Crippen molar-refractivity contribution in [2.24, 2.45) is 0 Å². The van der Waals surface area contributed by atoms with E-state index in [0.29, 0.717) is 5.56 Å². The van der Waals surface area contributed by atoms with Gasteiger partial charge in [0.2, 0.25) is 0 Å². The number of halogens is 1. The fourth-order valence-corrected chi connectivity index (χ4v) is 3.99. The van der Waals surface area contributed by atoms with E-state index in [9.17, 15) is 9.18 Å². The molecule has 0 unspecified atom stereocenters. The van der Waals surface area contributed by atoms with Crippen molar-refractivity contribution in [2.45, 2.75) is 0 Å². The molecule has 0 atom stereocenters. The molecule has 128 valence electrons. The number of fused-ring (bicyclic) bond motifs is 1. The summed E-state index contributed by atoms with van der Waals surface area (Å²) in [6.07, 6.45) is 0. The summed E-state index contributed by atoms with van der Waals surface area (Å²) in [5.74, 6) is -0.205. The van der Waals surface area contributed by atoms with Crippen LogP contribution in [0.1, 0.15) is 10.4 Å². The smallest absolute Gasteiger partial charge is 0.253 e. The maximum Gasteiger partial charge on any atom is 0.253 e. The molecule has 25 heavy (non-hydrogen) atoms. The number of thiazole rings is 1. The monoisotopic (exact) mass is 355 g/mol. The van der Waals surface area contributed by atoms with Crippen molar-refractivity contribution >= 4 is 27.5 Å². The minimum atomic E-state index is -0.262. The van der Waals surface area contributed by atoms with Crippen LogP contribution in [-0.4, -0.2) is 53.9 Å². The molecule has 0 aliphatic carbocycles. The van der Waals surface area contributed by atoms with Crippen molar-refractivity contribution in [2.75, 3.05) is 33.2 Å². The first-order chi connectivity index (χ1) is 12.1. The zero-order valence-corrected chi connectivity index (χ0v) is 14.7. The quantitative estimate of drug-likeness (QED) is 0.706. The van der Waals surface area contributed by atoms with E-state index in [-0.39, 0.29) is 11.7 Å². The number of aromatic nitrogens is 1. The second-order valence-corrected chi connectivity index (χ2v) is 7.34. The Morgan fingerprint density at radius 2 is 1.92 bits per heavy atom. The molecule has 0 spiro atoms. The fraction of sp³-hybridized carbons (Fsp3) is 0.263. The van der Waals surface area contributed by atoms with Gasteiger partial charge in [-0.2, -0.15) is 0 Å². The summed E-state index contributed by atoms with van der Waals surface area (Å²) < 4.78 is 14.2. The Kier molecular flexibility index (Phi) is 4.23. The number of rotatable bonds is 2. The number of hydrogen-bond acceptors (Lipinski definition) is 4. The maximum atomic E-state index is 13.4. The van der Waals surface area contributed by atoms with Crippen LogP contribution in [-0.2, 0) is 0 Å². The highest BCUT2D eigenvalue weighted by Gasteiger charge is 2.20. The predicted molar refractivity (Wildman–Crippen MR) is 98.4 cm³/mol. The van der Waals surface area contributed by atoms with Crippen LogP contribution in [0.2, 0.25) is 0 Å². The van der Waals surface area contributed by atoms with Crippen molar-refractivity contribution in [3.05, 3.63) is 53.8 Å². The molecular formula is C19H18FN3OS. The molecule has 3 aromatic rings. The Labute approximate surface area is 149 Å². The van der Waals surface area contributed by atoms with Gasteiger partial charge in [-0.15, -0.1) is 11.3 Å². The van der Waals surface area contributed by atoms with Gasteiger partial charge < -0.3 is 9.80 Å². The SMILES string of the molecule is CN1CCN(C(=O)c2cccc(-c3nc4ccc(F)cc4s3)c2)CC1. The van der Waals surface area contributed by atoms with Crippen LogP contribution in [0.15, 0.2) is 42.5 Å². The van der Waals surface area contributed by atoms with Gasteiger partial charge in [0.15, 0.2) is 0 Å². The van der Waals surface area contributed by atoms with Gasteiger partial charge >= 0.3 is 0 Å². The van der Waals surface area contributed by atoms with Gasteiger partial charge in [-0.3, -0.25) is 4.79 Å². The summed E-state index contributed by atoms with van der Waals surface area (Å²) >= 11 is 1.44. The highest BCUT2D eigenvalue weighted by molar-refractivity contribution is 7.21. The molecule has 4 rings (SSSR count). The highest BCUT2D eigenvalue weighted by atomic mass is 32.1. The van der Waals surface area contributed by atoms with Gasteiger partial charge in [0.1, 0.15) is 10.8 Å². The zero-order valence-electron chi connectivity index (χ0n) is 13.9. The second kappa shape index (κ2) is 6.54. The number of carbonyl (C=O) groups is 1. The van der Waals surface area contributed by atoms with E-state index in [0.717, 1.165) is 47.0 Å². The Hall–Kier alpha value is -2.31. The molecule has 0 radical (unpaired) electrons. The number of carbonyl (C=O) groups excluding carboxylic acids is 1. The first kappa shape index (κ1) is 16.2. The average molecular weight is 355 g/mol. The van der Waals surface area contributed by atoms with Crippen molar-refractivity contribution < 1.29 is 9.18 Å². The van der Waals surface area contributed by atoms with E-state index in [1.165, 1.54) is 23.5 Å². The summed E-state index contributed by atoms with van der Waals surface area (Å²) in [6.45, 7) is 3.30. The summed E-state index contributed by atoms with van der Waals surface area (Å²) in [4.78, 5) is 21.4. The highest BCUT2D eigenvalue weighted by Crippen LogP contribution is 2.31. The lowest BCUT2D eigenvalue weighted by molar-refractivity contribution is 0.0664.